The molecule has 0 saturated carbocycles. The SMILES string of the molecule is O=C(Cn1nnnc1-c1ccccc1)N1CCN(c2ccc(Cl)cc2)CC1. The topological polar surface area (TPSA) is 67.2 Å². The minimum Gasteiger partial charge on any atom is -0.368 e. The van der Waals surface area contributed by atoms with Crippen LogP contribution in [-0.4, -0.2) is 57.2 Å². The van der Waals surface area contributed by atoms with Gasteiger partial charge in [0.15, 0.2) is 5.82 Å². The highest BCUT2D eigenvalue weighted by atomic mass is 35.5. The zero-order valence-corrected chi connectivity index (χ0v) is 15.5. The van der Waals surface area contributed by atoms with E-state index in [4.69, 9.17) is 11.6 Å². The molecule has 3 aromatic rings. The third-order valence-corrected chi connectivity index (χ3v) is 4.93. The van der Waals surface area contributed by atoms with E-state index < -0.39 is 0 Å². The van der Waals surface area contributed by atoms with Crippen molar-refractivity contribution in [1.82, 2.24) is 25.1 Å². The van der Waals surface area contributed by atoms with E-state index in [1.54, 1.807) is 4.68 Å². The first-order valence-electron chi connectivity index (χ1n) is 8.80. The number of nitrogens with zero attached hydrogens (tertiary/aromatic N) is 6. The predicted molar refractivity (Wildman–Crippen MR) is 103 cm³/mol. The van der Waals surface area contributed by atoms with Crippen molar-refractivity contribution < 1.29 is 4.79 Å². The lowest BCUT2D eigenvalue weighted by molar-refractivity contribution is -0.132. The summed E-state index contributed by atoms with van der Waals surface area (Å²) in [4.78, 5) is 16.8. The Morgan fingerprint density at radius 1 is 0.963 bits per heavy atom. The highest BCUT2D eigenvalue weighted by Gasteiger charge is 2.23. The van der Waals surface area contributed by atoms with Crippen LogP contribution in [0.1, 0.15) is 0 Å². The molecule has 1 amide bonds. The summed E-state index contributed by atoms with van der Waals surface area (Å²) in [6.45, 7) is 3.05. The lowest BCUT2D eigenvalue weighted by Crippen LogP contribution is -2.49. The van der Waals surface area contributed by atoms with Gasteiger partial charge in [-0.1, -0.05) is 41.9 Å². The Morgan fingerprint density at radius 2 is 1.67 bits per heavy atom. The molecule has 8 heteroatoms. The molecule has 27 heavy (non-hydrogen) atoms. The van der Waals surface area contributed by atoms with Gasteiger partial charge in [-0.2, -0.15) is 0 Å². The van der Waals surface area contributed by atoms with Crippen molar-refractivity contribution in [2.75, 3.05) is 31.1 Å². The molecule has 0 unspecified atom stereocenters. The van der Waals surface area contributed by atoms with Gasteiger partial charge in [0.1, 0.15) is 6.54 Å². The first-order chi connectivity index (χ1) is 13.2. The maximum absolute atomic E-state index is 12.7. The molecule has 0 bridgehead atoms. The van der Waals surface area contributed by atoms with Gasteiger partial charge in [0, 0.05) is 42.5 Å². The molecule has 1 aromatic heterocycles. The van der Waals surface area contributed by atoms with Crippen LogP contribution in [0.5, 0.6) is 0 Å². The second-order valence-electron chi connectivity index (χ2n) is 6.37. The van der Waals surface area contributed by atoms with Crippen LogP contribution in [-0.2, 0) is 11.3 Å². The van der Waals surface area contributed by atoms with Crippen LogP contribution < -0.4 is 4.90 Å². The summed E-state index contributed by atoms with van der Waals surface area (Å²) in [6.07, 6.45) is 0. The fourth-order valence-electron chi connectivity index (χ4n) is 3.20. The van der Waals surface area contributed by atoms with Gasteiger partial charge >= 0.3 is 0 Å². The highest BCUT2D eigenvalue weighted by molar-refractivity contribution is 6.30. The number of rotatable bonds is 4. The van der Waals surface area contributed by atoms with E-state index in [0.29, 0.717) is 18.9 Å². The van der Waals surface area contributed by atoms with Crippen molar-refractivity contribution in [2.24, 2.45) is 0 Å². The van der Waals surface area contributed by atoms with Crippen molar-refractivity contribution in [2.45, 2.75) is 6.54 Å². The second kappa shape index (κ2) is 7.75. The van der Waals surface area contributed by atoms with Crippen LogP contribution in [0.25, 0.3) is 11.4 Å². The Bertz CT molecular complexity index is 903. The zero-order chi connectivity index (χ0) is 18.6. The fraction of sp³-hybridized carbons (Fsp3) is 0.263. The van der Waals surface area contributed by atoms with Crippen molar-refractivity contribution in [3.8, 4) is 11.4 Å². The van der Waals surface area contributed by atoms with Crippen LogP contribution in [0.15, 0.2) is 54.6 Å². The predicted octanol–water partition coefficient (Wildman–Crippen LogP) is 2.34. The summed E-state index contributed by atoms with van der Waals surface area (Å²) in [5, 5.41) is 12.5. The number of benzene rings is 2. The summed E-state index contributed by atoms with van der Waals surface area (Å²) in [5.41, 5.74) is 2.01. The van der Waals surface area contributed by atoms with E-state index in [0.717, 1.165) is 29.4 Å². The molecule has 0 N–H and O–H groups in total. The Balaban J connectivity index is 1.38. The summed E-state index contributed by atoms with van der Waals surface area (Å²) in [6, 6.07) is 17.4. The molecule has 4 rings (SSSR count). The molecular weight excluding hydrogens is 364 g/mol. The lowest BCUT2D eigenvalue weighted by Gasteiger charge is -2.36. The molecule has 138 valence electrons. The van der Waals surface area contributed by atoms with E-state index in [-0.39, 0.29) is 12.5 Å². The van der Waals surface area contributed by atoms with Gasteiger partial charge in [0.25, 0.3) is 0 Å². The van der Waals surface area contributed by atoms with Crippen molar-refractivity contribution in [3.63, 3.8) is 0 Å². The van der Waals surface area contributed by atoms with E-state index in [1.807, 2.05) is 59.5 Å². The van der Waals surface area contributed by atoms with Crippen molar-refractivity contribution in [1.29, 1.82) is 0 Å². The smallest absolute Gasteiger partial charge is 0.244 e. The Kier molecular flexibility index (Phi) is 5.02. The number of amides is 1. The molecular formula is C19H19ClN6O. The van der Waals surface area contributed by atoms with E-state index in [9.17, 15) is 4.79 Å². The molecule has 0 aliphatic carbocycles. The van der Waals surface area contributed by atoms with Gasteiger partial charge in [-0.25, -0.2) is 4.68 Å². The van der Waals surface area contributed by atoms with E-state index >= 15 is 0 Å². The van der Waals surface area contributed by atoms with Gasteiger partial charge in [-0.3, -0.25) is 4.79 Å². The number of carbonyl (C=O) groups is 1. The van der Waals surface area contributed by atoms with E-state index in [2.05, 4.69) is 20.4 Å². The summed E-state index contributed by atoms with van der Waals surface area (Å²) < 4.78 is 1.56. The number of halogens is 1. The molecule has 7 nitrogen and oxygen atoms in total. The number of hydrogen-bond donors (Lipinski definition) is 0. The Labute approximate surface area is 162 Å². The lowest BCUT2D eigenvalue weighted by atomic mass is 10.2. The normalized spacial score (nSPS) is 14.4. The van der Waals surface area contributed by atoms with Gasteiger partial charge in [0.2, 0.25) is 5.91 Å². The average molecular weight is 383 g/mol. The van der Waals surface area contributed by atoms with Gasteiger partial charge in [-0.05, 0) is 34.7 Å². The third-order valence-electron chi connectivity index (χ3n) is 4.67. The first kappa shape index (κ1) is 17.5. The second-order valence-corrected chi connectivity index (χ2v) is 6.81. The number of piperazine rings is 1. The highest BCUT2D eigenvalue weighted by Crippen LogP contribution is 2.20. The number of aromatic nitrogens is 4. The molecule has 0 spiro atoms. The minimum absolute atomic E-state index is 0.0234. The van der Waals surface area contributed by atoms with Gasteiger partial charge in [-0.15, -0.1) is 5.10 Å². The van der Waals surface area contributed by atoms with Crippen LogP contribution in [0, 0.1) is 0 Å². The van der Waals surface area contributed by atoms with Crippen LogP contribution >= 0.6 is 11.6 Å². The molecule has 0 atom stereocenters. The summed E-state index contributed by atoms with van der Waals surface area (Å²) >= 11 is 5.95. The zero-order valence-electron chi connectivity index (χ0n) is 14.7. The standard InChI is InChI=1S/C19H19ClN6O/c20-16-6-8-17(9-7-16)24-10-12-25(13-11-24)18(27)14-26-19(21-22-23-26)15-4-2-1-3-5-15/h1-9H,10-14H2. The van der Waals surface area contributed by atoms with Gasteiger partial charge < -0.3 is 9.80 Å². The average Bonchev–Trinajstić information content (AvgIpc) is 3.17. The molecule has 1 saturated heterocycles. The fourth-order valence-corrected chi connectivity index (χ4v) is 3.33. The molecule has 2 heterocycles. The Morgan fingerprint density at radius 3 is 2.37 bits per heavy atom. The van der Waals surface area contributed by atoms with Crippen LogP contribution in [0.3, 0.4) is 0 Å². The van der Waals surface area contributed by atoms with Crippen molar-refractivity contribution in [3.05, 3.63) is 59.6 Å². The summed E-state index contributed by atoms with van der Waals surface area (Å²) in [7, 11) is 0. The Hall–Kier alpha value is -2.93. The third kappa shape index (κ3) is 3.93. The van der Waals surface area contributed by atoms with E-state index in [1.165, 1.54) is 0 Å². The van der Waals surface area contributed by atoms with Crippen LogP contribution in [0.2, 0.25) is 5.02 Å². The van der Waals surface area contributed by atoms with Crippen LogP contribution in [0.4, 0.5) is 5.69 Å². The quantitative estimate of drug-likeness (QED) is 0.692. The molecule has 2 aromatic carbocycles. The largest absolute Gasteiger partial charge is 0.368 e. The molecule has 0 radical (unpaired) electrons. The minimum atomic E-state index is 0.0234. The first-order valence-corrected chi connectivity index (χ1v) is 9.18. The molecule has 1 aliphatic heterocycles. The number of tetrazole rings is 1. The van der Waals surface area contributed by atoms with Crippen molar-refractivity contribution >= 4 is 23.2 Å². The molecule has 1 fully saturated rings. The number of hydrogen-bond acceptors (Lipinski definition) is 5. The number of anilines is 1. The summed E-state index contributed by atoms with van der Waals surface area (Å²) in [5.74, 6) is 0.624. The monoisotopic (exact) mass is 382 g/mol. The molecule has 1 aliphatic rings. The maximum atomic E-state index is 12.7. The maximum Gasteiger partial charge on any atom is 0.244 e. The number of carbonyl (C=O) groups excluding carboxylic acids is 1. The van der Waals surface area contributed by atoms with Gasteiger partial charge in [0.05, 0.1) is 0 Å².